The second-order valence-electron chi connectivity index (χ2n) is 14.2. The van der Waals surface area contributed by atoms with E-state index in [2.05, 4.69) is 24.9 Å². The summed E-state index contributed by atoms with van der Waals surface area (Å²) in [5.41, 5.74) is 16.2. The first-order valence-electron chi connectivity index (χ1n) is 18.6. The number of imidazole rings is 1. The summed E-state index contributed by atoms with van der Waals surface area (Å²) in [4.78, 5) is 67.8. The number of aliphatic hydroxyl groups excluding tert-OH is 1. The number of aromatic nitrogens is 8. The second-order valence-corrected chi connectivity index (χ2v) is 18.4. The van der Waals surface area contributed by atoms with Gasteiger partial charge in [-0.15, -0.1) is 0 Å². The third kappa shape index (κ3) is 9.32. The molecular weight excluding hydrogens is 888 g/mol. The van der Waals surface area contributed by atoms with Gasteiger partial charge in [0.2, 0.25) is 0 Å². The molecule has 0 aliphatic carbocycles. The molecule has 4 aromatic rings. The minimum atomic E-state index is -5.08. The molecule has 0 radical (unpaired) electrons. The van der Waals surface area contributed by atoms with Gasteiger partial charge in [-0.25, -0.2) is 29.1 Å². The predicted molar refractivity (Wildman–Crippen MR) is 214 cm³/mol. The summed E-state index contributed by atoms with van der Waals surface area (Å²) in [5.74, 6) is -0.457. The van der Waals surface area contributed by atoms with E-state index in [0.717, 1.165) is 4.57 Å². The predicted octanol–water partition coefficient (Wildman–Crippen LogP) is -1.43. The normalized spacial score (nSPS) is 32.0. The number of methoxy groups -OCH3 is 3. The fourth-order valence-electron chi connectivity index (χ4n) is 7.50. The van der Waals surface area contributed by atoms with Crippen molar-refractivity contribution in [2.75, 3.05) is 58.4 Å². The molecular formula is C32H45N11O16P2S. The molecule has 0 amide bonds. The summed E-state index contributed by atoms with van der Waals surface area (Å²) < 4.78 is 75.5. The zero-order valence-electron chi connectivity index (χ0n) is 33.3. The maximum absolute atomic E-state index is 13.8. The highest BCUT2D eigenvalue weighted by atomic mass is 32.5. The van der Waals surface area contributed by atoms with Crippen LogP contribution in [-0.2, 0) is 62.9 Å². The van der Waals surface area contributed by atoms with Crippen molar-refractivity contribution in [1.29, 1.82) is 0 Å². The molecule has 5 unspecified atom stereocenters. The van der Waals surface area contributed by atoms with Gasteiger partial charge in [0.25, 0.3) is 0 Å². The van der Waals surface area contributed by atoms with Gasteiger partial charge in [0.1, 0.15) is 66.2 Å². The Kier molecular flexibility index (Phi) is 13.9. The third-order valence-electron chi connectivity index (χ3n) is 10.5. The topological polar surface area (TPSA) is 361 Å². The lowest BCUT2D eigenvalue weighted by atomic mass is 10.0. The molecule has 30 heteroatoms. The molecule has 27 nitrogen and oxygen atoms in total. The standard InChI is InChI=1S/C32H45N11O16P2S/c1-14-16(56-28(21(14)50-2)41-7-5-18(33)39-31(41)45)10-53-60(47,48)58-23-17(57-30(25(23)52-4)43-13-38-20-26(35)36-12-37-27(20)43)11-54-61(49,62)59-22-15(9-44)55-29(24(22)51-3)42-8-6-19(34)40-32(42)46/h5-8,12-17,21-25,28-30,44H,9-11H2,1-4H3,(H,47,48)(H,49,62)(H2,33,39,45)(H2,34,40,46)(H2,35,36,37)/t14-,15+,16+,17+,21?,22-,23-,24?,25?,28+,29+,30+,61?/m0/s1. The number of hydrogen-bond donors (Lipinski definition) is 6. The van der Waals surface area contributed by atoms with Crippen LogP contribution >= 0.6 is 14.5 Å². The van der Waals surface area contributed by atoms with Crippen LogP contribution in [0.5, 0.6) is 0 Å². The summed E-state index contributed by atoms with van der Waals surface area (Å²) in [6.45, 7) is -4.44. The molecule has 3 saturated heterocycles. The van der Waals surface area contributed by atoms with Gasteiger partial charge in [-0.3, -0.25) is 27.3 Å². The molecule has 9 N–H and O–H groups in total. The molecule has 3 aliphatic rings. The molecule has 0 aromatic carbocycles. The van der Waals surface area contributed by atoms with Crippen molar-refractivity contribution < 1.29 is 66.0 Å². The van der Waals surface area contributed by atoms with E-state index >= 15 is 0 Å². The molecule has 3 aliphatic heterocycles. The number of anilines is 3. The van der Waals surface area contributed by atoms with Crippen molar-refractivity contribution in [3.05, 3.63) is 58.1 Å². The summed E-state index contributed by atoms with van der Waals surface area (Å²) >= 11 is 5.37. The first kappa shape index (κ1) is 46.1. The lowest BCUT2D eigenvalue weighted by Gasteiger charge is -2.28. The molecule has 3 fully saturated rings. The van der Waals surface area contributed by atoms with E-state index in [9.17, 15) is 29.0 Å². The summed E-state index contributed by atoms with van der Waals surface area (Å²) in [6, 6.07) is 2.76. The van der Waals surface area contributed by atoms with E-state index in [4.69, 9.17) is 75.5 Å². The van der Waals surface area contributed by atoms with Crippen LogP contribution < -0.4 is 28.6 Å². The van der Waals surface area contributed by atoms with Crippen LogP contribution in [0.1, 0.15) is 25.6 Å². The first-order chi connectivity index (χ1) is 29.5. The Morgan fingerprint density at radius 3 is 1.85 bits per heavy atom. The zero-order chi connectivity index (χ0) is 44.7. The fraction of sp³-hybridized carbons (Fsp3) is 0.594. The van der Waals surface area contributed by atoms with E-state index < -0.39 is 119 Å². The molecule has 0 spiro atoms. The number of nitrogen functional groups attached to an aromatic ring is 3. The van der Waals surface area contributed by atoms with E-state index in [1.807, 2.05) is 0 Å². The zero-order valence-corrected chi connectivity index (χ0v) is 35.9. The van der Waals surface area contributed by atoms with Crippen molar-refractivity contribution in [1.82, 2.24) is 38.6 Å². The summed E-state index contributed by atoms with van der Waals surface area (Å²) in [6.07, 6.45) is -7.43. The van der Waals surface area contributed by atoms with Crippen LogP contribution in [0, 0.1) is 5.92 Å². The molecule has 62 heavy (non-hydrogen) atoms. The Morgan fingerprint density at radius 1 is 0.742 bits per heavy atom. The number of nitrogens with zero attached hydrogens (tertiary/aromatic N) is 8. The van der Waals surface area contributed by atoms with E-state index in [-0.39, 0.29) is 28.6 Å². The largest absolute Gasteiger partial charge is 0.472 e. The maximum Gasteiger partial charge on any atom is 0.472 e. The minimum Gasteiger partial charge on any atom is -0.394 e. The maximum atomic E-state index is 13.8. The smallest absolute Gasteiger partial charge is 0.394 e. The fourth-order valence-corrected chi connectivity index (χ4v) is 9.90. The van der Waals surface area contributed by atoms with Crippen LogP contribution in [0.25, 0.3) is 11.2 Å². The highest BCUT2D eigenvalue weighted by Gasteiger charge is 2.53. The van der Waals surface area contributed by atoms with Crippen molar-refractivity contribution in [2.45, 2.75) is 74.4 Å². The molecule has 340 valence electrons. The van der Waals surface area contributed by atoms with Gasteiger partial charge in [-0.2, -0.15) is 9.97 Å². The summed E-state index contributed by atoms with van der Waals surface area (Å²) in [5, 5.41) is 10.2. The highest BCUT2D eigenvalue weighted by Crippen LogP contribution is 2.53. The monoisotopic (exact) mass is 933 g/mol. The quantitative estimate of drug-likeness (QED) is 0.0661. The van der Waals surface area contributed by atoms with Crippen molar-refractivity contribution in [3.63, 3.8) is 0 Å². The number of phosphoric acid groups is 1. The Balaban J connectivity index is 1.10. The number of rotatable bonds is 17. The van der Waals surface area contributed by atoms with E-state index in [1.54, 1.807) is 6.92 Å². The van der Waals surface area contributed by atoms with Gasteiger partial charge in [-0.05, 0) is 23.9 Å². The highest BCUT2D eigenvalue weighted by molar-refractivity contribution is 8.07. The Labute approximate surface area is 355 Å². The van der Waals surface area contributed by atoms with Gasteiger partial charge in [-0.1, -0.05) is 6.92 Å². The molecule has 7 rings (SSSR count). The molecule has 4 aromatic heterocycles. The first-order valence-corrected chi connectivity index (χ1v) is 22.7. The lowest BCUT2D eigenvalue weighted by Crippen LogP contribution is -2.39. The van der Waals surface area contributed by atoms with Gasteiger partial charge in [0.15, 0.2) is 30.1 Å². The number of hydrogen-bond acceptors (Lipinski definition) is 23. The number of nitrogens with two attached hydrogens (primary N) is 3. The average molecular weight is 934 g/mol. The van der Waals surface area contributed by atoms with Crippen LogP contribution in [0.2, 0.25) is 0 Å². The van der Waals surface area contributed by atoms with Gasteiger partial charge in [0.05, 0.1) is 32.3 Å². The molecule has 0 bridgehead atoms. The van der Waals surface area contributed by atoms with Crippen LogP contribution in [-0.4, -0.2) is 143 Å². The summed E-state index contributed by atoms with van der Waals surface area (Å²) in [7, 11) is -1.08. The van der Waals surface area contributed by atoms with Gasteiger partial charge < -0.3 is 65.0 Å². The molecule has 0 saturated carbocycles. The minimum absolute atomic E-state index is 0.00479. The molecule has 14 atom stereocenters. The Bertz CT molecular complexity index is 2450. The van der Waals surface area contributed by atoms with Gasteiger partial charge in [0, 0.05) is 39.6 Å². The van der Waals surface area contributed by atoms with Crippen LogP contribution in [0.3, 0.4) is 0 Å². The SMILES string of the molecule is COC1[C@@H](C)[C@@H](COP(=O)(O)O[C@@H]2C(OC)[C@H](n3cnc4c(N)ncnc43)O[C@@H]2COP(O)(=S)O[C@@H]2C(OC)[C@H](n3ccc(N)nc3=O)O[C@@H]2CO)O[C@H]1n1ccc(N)nc1=O. The van der Waals surface area contributed by atoms with Crippen molar-refractivity contribution in [3.8, 4) is 0 Å². The Hall–Kier alpha value is -3.93. The third-order valence-corrected chi connectivity index (χ3v) is 13.0. The number of aliphatic hydroxyl groups is 1. The Morgan fingerprint density at radius 2 is 1.27 bits per heavy atom. The number of phosphoric ester groups is 1. The number of ether oxygens (including phenoxy) is 6. The van der Waals surface area contributed by atoms with Crippen molar-refractivity contribution in [2.24, 2.45) is 5.92 Å². The van der Waals surface area contributed by atoms with Crippen LogP contribution in [0.4, 0.5) is 17.5 Å². The molecule has 7 heterocycles. The van der Waals surface area contributed by atoms with Crippen molar-refractivity contribution >= 4 is 55.0 Å². The van der Waals surface area contributed by atoms with Crippen LogP contribution in [0.15, 0.2) is 46.8 Å². The number of fused-ring (bicyclic) bond motifs is 1. The average Bonchev–Trinajstić information content (AvgIpc) is 3.98. The van der Waals surface area contributed by atoms with E-state index in [0.29, 0.717) is 0 Å². The lowest BCUT2D eigenvalue weighted by molar-refractivity contribution is -0.0660. The van der Waals surface area contributed by atoms with E-state index in [1.165, 1.54) is 67.6 Å². The second kappa shape index (κ2) is 18.7. The van der Waals surface area contributed by atoms with Gasteiger partial charge >= 0.3 is 25.9 Å².